The number of rotatable bonds is 4. The molecule has 0 fully saturated rings. The Morgan fingerprint density at radius 2 is 1.53 bits per heavy atom. The van der Waals surface area contributed by atoms with Crippen molar-refractivity contribution >= 4 is 5.91 Å². The zero-order valence-electron chi connectivity index (χ0n) is 12.7. The number of benzene rings is 1. The van der Waals surface area contributed by atoms with Crippen LogP contribution in [0.5, 0.6) is 0 Å². The Morgan fingerprint density at radius 1 is 1.05 bits per heavy atom. The predicted octanol–water partition coefficient (Wildman–Crippen LogP) is 2.34. The number of carbonyl (C=O) groups excluding carboxylic acids is 1. The van der Waals surface area contributed by atoms with E-state index < -0.39 is 0 Å². The van der Waals surface area contributed by atoms with E-state index in [9.17, 15) is 4.79 Å². The van der Waals surface area contributed by atoms with Crippen LogP contribution in [0.1, 0.15) is 45.7 Å². The van der Waals surface area contributed by atoms with Gasteiger partial charge in [-0.05, 0) is 16.5 Å². The van der Waals surface area contributed by atoms with E-state index in [1.807, 2.05) is 0 Å². The molecule has 0 aromatic heterocycles. The van der Waals surface area contributed by atoms with Gasteiger partial charge in [0.25, 0.3) is 0 Å². The molecule has 0 aliphatic carbocycles. The van der Waals surface area contributed by atoms with Gasteiger partial charge < -0.3 is 11.1 Å². The largest absolute Gasteiger partial charge is 0.354 e. The van der Waals surface area contributed by atoms with Crippen molar-refractivity contribution in [1.82, 2.24) is 5.32 Å². The molecular formula is C16H26N2O. The van der Waals surface area contributed by atoms with E-state index in [2.05, 4.69) is 64.2 Å². The maximum absolute atomic E-state index is 11.2. The summed E-state index contributed by atoms with van der Waals surface area (Å²) in [7, 11) is 0. The second-order valence-electron chi connectivity index (χ2n) is 6.69. The molecule has 0 atom stereocenters. The van der Waals surface area contributed by atoms with Gasteiger partial charge >= 0.3 is 0 Å². The molecule has 0 heterocycles. The van der Waals surface area contributed by atoms with Crippen molar-refractivity contribution in [3.05, 3.63) is 35.4 Å². The van der Waals surface area contributed by atoms with Gasteiger partial charge in [0.05, 0.1) is 6.54 Å². The Morgan fingerprint density at radius 3 is 1.95 bits per heavy atom. The van der Waals surface area contributed by atoms with Crippen LogP contribution in [0, 0.1) is 0 Å². The normalized spacial score (nSPS) is 12.3. The van der Waals surface area contributed by atoms with Crippen LogP contribution in [0.2, 0.25) is 0 Å². The first-order valence-electron chi connectivity index (χ1n) is 6.74. The van der Waals surface area contributed by atoms with Crippen LogP contribution in [-0.4, -0.2) is 19.0 Å². The van der Waals surface area contributed by atoms with Crippen molar-refractivity contribution in [3.8, 4) is 0 Å². The third-order valence-electron chi connectivity index (χ3n) is 3.45. The van der Waals surface area contributed by atoms with Gasteiger partial charge in [0.2, 0.25) is 5.91 Å². The predicted molar refractivity (Wildman–Crippen MR) is 80.2 cm³/mol. The molecule has 0 saturated heterocycles. The van der Waals surface area contributed by atoms with Crippen molar-refractivity contribution in [3.63, 3.8) is 0 Å². The molecule has 1 amide bonds. The lowest BCUT2D eigenvalue weighted by Gasteiger charge is -2.27. The van der Waals surface area contributed by atoms with Crippen molar-refractivity contribution < 1.29 is 4.79 Å². The maximum Gasteiger partial charge on any atom is 0.233 e. The highest BCUT2D eigenvalue weighted by molar-refractivity contribution is 5.77. The molecule has 0 aliphatic heterocycles. The minimum Gasteiger partial charge on any atom is -0.354 e. The van der Waals surface area contributed by atoms with Gasteiger partial charge in [-0.1, -0.05) is 58.9 Å². The van der Waals surface area contributed by atoms with Crippen LogP contribution in [0.4, 0.5) is 0 Å². The van der Waals surface area contributed by atoms with Crippen LogP contribution in [0.25, 0.3) is 0 Å². The molecule has 3 heteroatoms. The molecule has 3 N–H and O–H groups in total. The molecule has 106 valence electrons. The number of nitrogens with two attached hydrogens (primary N) is 1. The number of carbonyl (C=O) groups is 1. The molecule has 1 aromatic carbocycles. The molecule has 0 saturated carbocycles. The van der Waals surface area contributed by atoms with Crippen LogP contribution < -0.4 is 11.1 Å². The monoisotopic (exact) mass is 262 g/mol. The lowest BCUT2D eigenvalue weighted by molar-refractivity contribution is -0.119. The highest BCUT2D eigenvalue weighted by atomic mass is 16.1. The molecule has 0 unspecified atom stereocenters. The van der Waals surface area contributed by atoms with Crippen molar-refractivity contribution in [2.75, 3.05) is 13.1 Å². The second kappa shape index (κ2) is 5.74. The molecule has 1 rings (SSSR count). The van der Waals surface area contributed by atoms with Crippen molar-refractivity contribution in [2.45, 2.75) is 45.4 Å². The van der Waals surface area contributed by atoms with Crippen LogP contribution in [0.3, 0.4) is 0 Å². The van der Waals surface area contributed by atoms with Gasteiger partial charge in [-0.2, -0.15) is 0 Å². The minimum atomic E-state index is -0.112. The molecule has 3 nitrogen and oxygen atoms in total. The molecule has 19 heavy (non-hydrogen) atoms. The second-order valence-corrected chi connectivity index (χ2v) is 6.69. The van der Waals surface area contributed by atoms with E-state index in [1.165, 1.54) is 11.1 Å². The summed E-state index contributed by atoms with van der Waals surface area (Å²) in [6, 6.07) is 8.63. The van der Waals surface area contributed by atoms with Crippen LogP contribution in [-0.2, 0) is 15.6 Å². The summed E-state index contributed by atoms with van der Waals surface area (Å²) in [5.41, 5.74) is 7.90. The van der Waals surface area contributed by atoms with E-state index >= 15 is 0 Å². The molecular weight excluding hydrogens is 236 g/mol. The van der Waals surface area contributed by atoms with Gasteiger partial charge in [-0.15, -0.1) is 0 Å². The summed E-state index contributed by atoms with van der Waals surface area (Å²) in [6.45, 7) is 11.5. The smallest absolute Gasteiger partial charge is 0.233 e. The lowest BCUT2D eigenvalue weighted by Crippen LogP contribution is -2.39. The highest BCUT2D eigenvalue weighted by Crippen LogP contribution is 2.27. The third kappa shape index (κ3) is 4.35. The van der Waals surface area contributed by atoms with E-state index in [4.69, 9.17) is 5.73 Å². The summed E-state index contributed by atoms with van der Waals surface area (Å²) in [5, 5.41) is 2.85. The zero-order valence-corrected chi connectivity index (χ0v) is 12.7. The SMILES string of the molecule is CC(C)(C)c1ccc(C(C)(C)CNC(=O)CN)cc1. The lowest BCUT2D eigenvalue weighted by atomic mass is 9.81. The Balaban J connectivity index is 2.81. The molecule has 0 aliphatic rings. The fourth-order valence-corrected chi connectivity index (χ4v) is 1.92. The summed E-state index contributed by atoms with van der Waals surface area (Å²) in [4.78, 5) is 11.2. The average molecular weight is 262 g/mol. The molecule has 1 aromatic rings. The minimum absolute atomic E-state index is 0.0407. The Hall–Kier alpha value is -1.35. The highest BCUT2D eigenvalue weighted by Gasteiger charge is 2.22. The summed E-state index contributed by atoms with van der Waals surface area (Å²) >= 11 is 0. The first-order valence-corrected chi connectivity index (χ1v) is 6.74. The van der Waals surface area contributed by atoms with E-state index in [-0.39, 0.29) is 23.3 Å². The van der Waals surface area contributed by atoms with Gasteiger partial charge in [-0.25, -0.2) is 0 Å². The van der Waals surface area contributed by atoms with Crippen molar-refractivity contribution in [2.24, 2.45) is 5.73 Å². The third-order valence-corrected chi connectivity index (χ3v) is 3.45. The number of nitrogens with one attached hydrogen (secondary N) is 1. The molecule has 0 spiro atoms. The van der Waals surface area contributed by atoms with E-state index in [1.54, 1.807) is 0 Å². The van der Waals surface area contributed by atoms with E-state index in [0.29, 0.717) is 6.54 Å². The maximum atomic E-state index is 11.2. The van der Waals surface area contributed by atoms with Gasteiger partial charge in [0, 0.05) is 12.0 Å². The first-order chi connectivity index (χ1) is 8.66. The standard InChI is InChI=1S/C16H26N2O/c1-15(2,3)12-6-8-13(9-7-12)16(4,5)11-18-14(19)10-17/h6-9H,10-11,17H2,1-5H3,(H,18,19). The number of hydrogen-bond acceptors (Lipinski definition) is 2. The molecule has 0 bridgehead atoms. The Labute approximate surface area is 116 Å². The first kappa shape index (κ1) is 15.7. The van der Waals surface area contributed by atoms with Crippen LogP contribution >= 0.6 is 0 Å². The van der Waals surface area contributed by atoms with Gasteiger partial charge in [0.15, 0.2) is 0 Å². The quantitative estimate of drug-likeness (QED) is 0.875. The van der Waals surface area contributed by atoms with Crippen molar-refractivity contribution in [1.29, 1.82) is 0 Å². The summed E-state index contributed by atoms with van der Waals surface area (Å²) < 4.78 is 0. The number of hydrogen-bond donors (Lipinski definition) is 2. The average Bonchev–Trinajstić information content (AvgIpc) is 2.35. The Kier molecular flexibility index (Phi) is 4.75. The summed E-state index contributed by atoms with van der Waals surface area (Å²) in [6.07, 6.45) is 0. The van der Waals surface area contributed by atoms with Gasteiger partial charge in [-0.3, -0.25) is 4.79 Å². The fraction of sp³-hybridized carbons (Fsp3) is 0.562. The topological polar surface area (TPSA) is 55.1 Å². The fourth-order valence-electron chi connectivity index (χ4n) is 1.92. The van der Waals surface area contributed by atoms with Crippen LogP contribution in [0.15, 0.2) is 24.3 Å². The molecule has 0 radical (unpaired) electrons. The zero-order chi connectivity index (χ0) is 14.7. The number of amides is 1. The summed E-state index contributed by atoms with van der Waals surface area (Å²) in [5.74, 6) is -0.112. The van der Waals surface area contributed by atoms with Gasteiger partial charge in [0.1, 0.15) is 0 Å². The Bertz CT molecular complexity index is 427. The van der Waals surface area contributed by atoms with E-state index in [0.717, 1.165) is 0 Å².